The molecule has 0 nitrogen and oxygen atoms in total. The molecule has 0 radical (unpaired) electrons. The molecule has 3 aromatic rings. The summed E-state index contributed by atoms with van der Waals surface area (Å²) in [5.41, 5.74) is 7.97. The molecule has 0 aromatic heterocycles. The molecule has 23 heavy (non-hydrogen) atoms. The van der Waals surface area contributed by atoms with Gasteiger partial charge >= 0.3 is 0 Å². The lowest BCUT2D eigenvalue weighted by atomic mass is 9.78. The van der Waals surface area contributed by atoms with Crippen molar-refractivity contribution in [1.82, 2.24) is 0 Å². The first-order valence-corrected chi connectivity index (χ1v) is 8.14. The third kappa shape index (κ3) is 2.22. The molecular formula is C23H20. The highest BCUT2D eigenvalue weighted by Gasteiger charge is 2.35. The van der Waals surface area contributed by atoms with Gasteiger partial charge in [-0.05, 0) is 41.7 Å². The molecule has 4 rings (SSSR count). The van der Waals surface area contributed by atoms with Gasteiger partial charge in [-0.3, -0.25) is 0 Å². The van der Waals surface area contributed by atoms with Crippen molar-refractivity contribution in [2.45, 2.75) is 19.3 Å². The maximum Gasteiger partial charge on any atom is 0.0369 e. The first-order chi connectivity index (χ1) is 11.2. The van der Waals surface area contributed by atoms with E-state index in [1.54, 1.807) is 0 Å². The van der Waals surface area contributed by atoms with E-state index in [-0.39, 0.29) is 5.41 Å². The molecule has 0 aliphatic heterocycles. The van der Waals surface area contributed by atoms with Crippen molar-refractivity contribution in [1.29, 1.82) is 0 Å². The van der Waals surface area contributed by atoms with Crippen LogP contribution in [0.1, 0.15) is 34.7 Å². The van der Waals surface area contributed by atoms with Crippen molar-refractivity contribution in [3.05, 3.63) is 113 Å². The van der Waals surface area contributed by atoms with E-state index in [9.17, 15) is 0 Å². The van der Waals surface area contributed by atoms with Crippen LogP contribution in [0.4, 0.5) is 0 Å². The minimum Gasteiger partial charge on any atom is -0.0622 e. The second-order valence-corrected chi connectivity index (χ2v) is 6.54. The van der Waals surface area contributed by atoms with E-state index in [4.69, 9.17) is 0 Å². The van der Waals surface area contributed by atoms with Crippen LogP contribution >= 0.6 is 0 Å². The summed E-state index contributed by atoms with van der Waals surface area (Å²) < 4.78 is 0. The highest BCUT2D eigenvalue weighted by atomic mass is 14.4. The average molecular weight is 296 g/mol. The zero-order valence-electron chi connectivity index (χ0n) is 13.6. The largest absolute Gasteiger partial charge is 0.0622 e. The zero-order chi connectivity index (χ0) is 15.9. The Morgan fingerprint density at radius 3 is 2.09 bits per heavy atom. The maximum atomic E-state index is 2.43. The Bertz CT molecular complexity index is 872. The van der Waals surface area contributed by atoms with Gasteiger partial charge in [0.1, 0.15) is 0 Å². The number of rotatable bonds is 2. The van der Waals surface area contributed by atoms with E-state index in [1.807, 2.05) is 0 Å². The van der Waals surface area contributed by atoms with E-state index < -0.39 is 0 Å². The maximum absolute atomic E-state index is 2.43. The van der Waals surface area contributed by atoms with Crippen molar-refractivity contribution < 1.29 is 0 Å². The molecule has 1 aliphatic carbocycles. The average Bonchev–Trinajstić information content (AvgIpc) is 2.90. The molecule has 0 fully saturated rings. The van der Waals surface area contributed by atoms with Crippen molar-refractivity contribution in [3.63, 3.8) is 0 Å². The second kappa shape index (κ2) is 5.24. The molecule has 3 aromatic carbocycles. The predicted molar refractivity (Wildman–Crippen MR) is 97.6 cm³/mol. The fourth-order valence-corrected chi connectivity index (χ4v) is 3.66. The van der Waals surface area contributed by atoms with E-state index in [0.717, 1.165) is 0 Å². The zero-order valence-corrected chi connectivity index (χ0v) is 13.6. The third-order valence-corrected chi connectivity index (χ3v) is 4.92. The third-order valence-electron chi connectivity index (χ3n) is 4.92. The molecule has 0 amide bonds. The van der Waals surface area contributed by atoms with Gasteiger partial charge in [-0.25, -0.2) is 0 Å². The monoisotopic (exact) mass is 296 g/mol. The highest BCUT2D eigenvalue weighted by molar-refractivity contribution is 5.88. The van der Waals surface area contributed by atoms with Crippen LogP contribution in [0.2, 0.25) is 0 Å². The van der Waals surface area contributed by atoms with Crippen LogP contribution in [0.5, 0.6) is 0 Å². The number of benzene rings is 3. The lowest BCUT2D eigenvalue weighted by Gasteiger charge is -2.25. The standard InChI is InChI=1S/C23H20/c1-17-13-14-22-20(15-17)21(18-9-5-3-6-10-18)16-23(22,2)19-11-7-4-8-12-19/h3-16H,1-2H3. The number of aryl methyl sites for hydroxylation is 1. The summed E-state index contributed by atoms with van der Waals surface area (Å²) in [4.78, 5) is 0. The summed E-state index contributed by atoms with van der Waals surface area (Å²) in [7, 11) is 0. The Morgan fingerprint density at radius 1 is 0.739 bits per heavy atom. The van der Waals surface area contributed by atoms with Crippen LogP contribution in [-0.4, -0.2) is 0 Å². The van der Waals surface area contributed by atoms with Gasteiger partial charge in [-0.1, -0.05) is 90.5 Å². The van der Waals surface area contributed by atoms with Gasteiger partial charge in [0.05, 0.1) is 0 Å². The summed E-state index contributed by atoms with van der Waals surface area (Å²) in [6.45, 7) is 4.49. The van der Waals surface area contributed by atoms with Crippen LogP contribution in [-0.2, 0) is 5.41 Å². The number of allylic oxidation sites excluding steroid dienone is 1. The Balaban J connectivity index is 1.98. The molecule has 1 atom stereocenters. The number of hydrogen-bond donors (Lipinski definition) is 0. The molecule has 1 aliphatic rings. The van der Waals surface area contributed by atoms with Gasteiger partial charge < -0.3 is 0 Å². The summed E-state index contributed by atoms with van der Waals surface area (Å²) in [6, 6.07) is 28.4. The normalized spacial score (nSPS) is 19.3. The quantitative estimate of drug-likeness (QED) is 0.565. The van der Waals surface area contributed by atoms with E-state index in [2.05, 4.69) is 98.8 Å². The van der Waals surface area contributed by atoms with Crippen molar-refractivity contribution in [2.75, 3.05) is 0 Å². The molecule has 0 heterocycles. The summed E-state index contributed by atoms with van der Waals surface area (Å²) in [6.07, 6.45) is 2.43. The summed E-state index contributed by atoms with van der Waals surface area (Å²) in [5.74, 6) is 0. The lowest BCUT2D eigenvalue weighted by molar-refractivity contribution is 0.738. The van der Waals surface area contributed by atoms with Crippen molar-refractivity contribution >= 4 is 5.57 Å². The van der Waals surface area contributed by atoms with Gasteiger partial charge in [0.2, 0.25) is 0 Å². The van der Waals surface area contributed by atoms with Gasteiger partial charge in [0.25, 0.3) is 0 Å². The number of fused-ring (bicyclic) bond motifs is 1. The molecule has 0 spiro atoms. The van der Waals surface area contributed by atoms with Crippen LogP contribution in [0.3, 0.4) is 0 Å². The lowest BCUT2D eigenvalue weighted by Crippen LogP contribution is -2.18. The Hall–Kier alpha value is -2.60. The molecule has 112 valence electrons. The second-order valence-electron chi connectivity index (χ2n) is 6.54. The van der Waals surface area contributed by atoms with Crippen LogP contribution < -0.4 is 0 Å². The minimum absolute atomic E-state index is 0.0739. The van der Waals surface area contributed by atoms with E-state index in [0.29, 0.717) is 0 Å². The molecule has 0 saturated carbocycles. The van der Waals surface area contributed by atoms with Gasteiger partial charge in [0.15, 0.2) is 0 Å². The fraction of sp³-hybridized carbons (Fsp3) is 0.130. The first kappa shape index (κ1) is 14.0. The molecule has 0 N–H and O–H groups in total. The predicted octanol–water partition coefficient (Wildman–Crippen LogP) is 5.75. The van der Waals surface area contributed by atoms with E-state index >= 15 is 0 Å². The van der Waals surface area contributed by atoms with E-state index in [1.165, 1.54) is 33.4 Å². The van der Waals surface area contributed by atoms with Crippen molar-refractivity contribution in [3.8, 4) is 0 Å². The van der Waals surface area contributed by atoms with Gasteiger partial charge in [-0.15, -0.1) is 0 Å². The fourth-order valence-electron chi connectivity index (χ4n) is 3.66. The topological polar surface area (TPSA) is 0 Å². The molecule has 0 saturated heterocycles. The number of hydrogen-bond acceptors (Lipinski definition) is 0. The highest BCUT2D eigenvalue weighted by Crippen LogP contribution is 2.47. The summed E-state index contributed by atoms with van der Waals surface area (Å²) in [5, 5.41) is 0. The smallest absolute Gasteiger partial charge is 0.0369 e. The Morgan fingerprint density at radius 2 is 1.39 bits per heavy atom. The Labute approximate surface area is 138 Å². The van der Waals surface area contributed by atoms with Crippen LogP contribution in [0.25, 0.3) is 5.57 Å². The molecule has 1 unspecified atom stereocenters. The molecular weight excluding hydrogens is 276 g/mol. The SMILES string of the molecule is Cc1ccc2c(c1)C(c1ccccc1)=CC2(C)c1ccccc1. The van der Waals surface area contributed by atoms with Crippen molar-refractivity contribution in [2.24, 2.45) is 0 Å². The minimum atomic E-state index is -0.0739. The summed E-state index contributed by atoms with van der Waals surface area (Å²) >= 11 is 0. The molecule has 0 heteroatoms. The van der Waals surface area contributed by atoms with Crippen LogP contribution in [0, 0.1) is 6.92 Å². The molecule has 0 bridgehead atoms. The van der Waals surface area contributed by atoms with Gasteiger partial charge in [0, 0.05) is 5.41 Å². The first-order valence-electron chi connectivity index (χ1n) is 8.14. The van der Waals surface area contributed by atoms with Gasteiger partial charge in [-0.2, -0.15) is 0 Å². The Kier molecular flexibility index (Phi) is 3.20. The van der Waals surface area contributed by atoms with Crippen LogP contribution in [0.15, 0.2) is 84.9 Å².